The monoisotopic (exact) mass is 477 g/mol. The van der Waals surface area contributed by atoms with E-state index >= 15 is 0 Å². The van der Waals surface area contributed by atoms with Crippen LogP contribution in [-0.4, -0.2) is 47.5 Å². The first-order chi connectivity index (χ1) is 16.6. The second-order valence-electron chi connectivity index (χ2n) is 8.63. The molecule has 0 spiro atoms. The molecule has 4 rings (SSSR count). The molecule has 0 radical (unpaired) electrons. The Kier molecular flexibility index (Phi) is 8.33. The van der Waals surface area contributed by atoms with Crippen molar-refractivity contribution < 1.29 is 14.3 Å². The molecule has 1 aromatic heterocycles. The van der Waals surface area contributed by atoms with Crippen LogP contribution in [0.5, 0.6) is 0 Å². The quantitative estimate of drug-likeness (QED) is 0.455. The minimum absolute atomic E-state index is 0.00425. The zero-order valence-electron chi connectivity index (χ0n) is 19.5. The van der Waals surface area contributed by atoms with Gasteiger partial charge in [0.1, 0.15) is 6.54 Å². The smallest absolute Gasteiger partial charge is 0.322 e. The number of carbonyl (C=O) groups is 2. The molecular weight excluding hydrogens is 446 g/mol. The number of carbonyl (C=O) groups excluding carboxylic acids is 2. The van der Waals surface area contributed by atoms with Gasteiger partial charge in [0.25, 0.3) is 0 Å². The number of urea groups is 1. The molecule has 2 aromatic carbocycles. The summed E-state index contributed by atoms with van der Waals surface area (Å²) in [4.78, 5) is 31.3. The average molecular weight is 478 g/mol. The summed E-state index contributed by atoms with van der Waals surface area (Å²) >= 11 is 1.63. The van der Waals surface area contributed by atoms with Gasteiger partial charge in [0.2, 0.25) is 5.91 Å². The summed E-state index contributed by atoms with van der Waals surface area (Å²) in [5.41, 5.74) is 2.83. The predicted molar refractivity (Wildman–Crippen MR) is 136 cm³/mol. The summed E-state index contributed by atoms with van der Waals surface area (Å²) in [5, 5.41) is 4.97. The molecule has 1 saturated heterocycles. The summed E-state index contributed by atoms with van der Waals surface area (Å²) in [6.45, 7) is 4.07. The maximum Gasteiger partial charge on any atom is 0.322 e. The van der Waals surface area contributed by atoms with Gasteiger partial charge in [-0.1, -0.05) is 48.5 Å². The summed E-state index contributed by atoms with van der Waals surface area (Å²) in [5.74, 6) is -0.0883. The first-order valence-electron chi connectivity index (χ1n) is 11.6. The molecule has 1 aliphatic rings. The van der Waals surface area contributed by atoms with Crippen molar-refractivity contribution in [2.75, 3.05) is 25.0 Å². The van der Waals surface area contributed by atoms with Crippen molar-refractivity contribution >= 4 is 29.0 Å². The molecule has 7 heteroatoms. The van der Waals surface area contributed by atoms with Crippen molar-refractivity contribution in [3.63, 3.8) is 0 Å². The largest absolute Gasteiger partial charge is 0.376 e. The van der Waals surface area contributed by atoms with Crippen molar-refractivity contribution in [1.82, 2.24) is 9.80 Å². The van der Waals surface area contributed by atoms with Crippen LogP contribution in [0.3, 0.4) is 0 Å². The Morgan fingerprint density at radius 1 is 1.03 bits per heavy atom. The van der Waals surface area contributed by atoms with Crippen LogP contribution in [0, 0.1) is 6.92 Å². The summed E-state index contributed by atoms with van der Waals surface area (Å²) in [7, 11) is 0. The highest BCUT2D eigenvalue weighted by molar-refractivity contribution is 7.09. The Hall–Kier alpha value is -3.16. The second kappa shape index (κ2) is 11.8. The lowest BCUT2D eigenvalue weighted by atomic mass is 10.2. The van der Waals surface area contributed by atoms with Crippen molar-refractivity contribution in [3.05, 3.63) is 88.1 Å². The third-order valence-corrected chi connectivity index (χ3v) is 6.69. The number of benzene rings is 2. The minimum Gasteiger partial charge on any atom is -0.376 e. The molecule has 2 heterocycles. The van der Waals surface area contributed by atoms with Gasteiger partial charge >= 0.3 is 6.03 Å². The van der Waals surface area contributed by atoms with Crippen LogP contribution in [-0.2, 0) is 22.6 Å². The average Bonchev–Trinajstić information content (AvgIpc) is 3.53. The summed E-state index contributed by atoms with van der Waals surface area (Å²) in [6.07, 6.45) is 1.83. The Balaban J connectivity index is 1.50. The summed E-state index contributed by atoms with van der Waals surface area (Å²) < 4.78 is 5.78. The maximum atomic E-state index is 13.5. The van der Waals surface area contributed by atoms with Gasteiger partial charge in [0, 0.05) is 30.3 Å². The number of anilines is 1. The second-order valence-corrected chi connectivity index (χ2v) is 9.66. The van der Waals surface area contributed by atoms with Crippen LogP contribution in [0.25, 0.3) is 0 Å². The molecule has 6 nitrogen and oxygen atoms in total. The number of nitrogens with one attached hydrogen (secondary N) is 1. The first-order valence-corrected chi connectivity index (χ1v) is 12.5. The predicted octanol–water partition coefficient (Wildman–Crippen LogP) is 5.30. The van der Waals surface area contributed by atoms with Gasteiger partial charge < -0.3 is 19.9 Å². The van der Waals surface area contributed by atoms with Gasteiger partial charge in [-0.3, -0.25) is 4.79 Å². The van der Waals surface area contributed by atoms with Crippen molar-refractivity contribution in [2.45, 2.75) is 39.0 Å². The van der Waals surface area contributed by atoms with E-state index in [1.807, 2.05) is 83.9 Å². The van der Waals surface area contributed by atoms with E-state index in [4.69, 9.17) is 4.74 Å². The highest BCUT2D eigenvalue weighted by Crippen LogP contribution is 2.18. The maximum absolute atomic E-state index is 13.5. The van der Waals surface area contributed by atoms with Crippen LogP contribution < -0.4 is 5.32 Å². The Bertz CT molecular complexity index is 1070. The van der Waals surface area contributed by atoms with Crippen LogP contribution >= 0.6 is 11.3 Å². The van der Waals surface area contributed by atoms with Crippen LogP contribution in [0.2, 0.25) is 0 Å². The molecular formula is C27H31N3O3S. The van der Waals surface area contributed by atoms with Gasteiger partial charge in [-0.25, -0.2) is 4.79 Å². The van der Waals surface area contributed by atoms with E-state index in [-0.39, 0.29) is 24.6 Å². The number of amides is 3. The number of thiophene rings is 1. The molecule has 0 aliphatic carbocycles. The number of aryl methyl sites for hydroxylation is 1. The fraction of sp³-hybridized carbons (Fsp3) is 0.333. The number of hydrogen-bond acceptors (Lipinski definition) is 4. The zero-order valence-corrected chi connectivity index (χ0v) is 20.3. The lowest BCUT2D eigenvalue weighted by Crippen LogP contribution is -2.46. The molecule has 3 amide bonds. The topological polar surface area (TPSA) is 61.9 Å². The number of hydrogen-bond donors (Lipinski definition) is 1. The molecule has 0 saturated carbocycles. The number of nitrogens with zero attached hydrogens (tertiary/aromatic N) is 2. The molecule has 0 bridgehead atoms. The molecule has 1 unspecified atom stereocenters. The molecule has 34 heavy (non-hydrogen) atoms. The SMILES string of the molecule is Cc1cccc(NC(=O)N(CC(=O)N(Cc2ccccc2)Cc2cccs2)CC2CCCO2)c1. The molecule has 1 fully saturated rings. The molecule has 1 N–H and O–H groups in total. The van der Waals surface area contributed by atoms with E-state index in [9.17, 15) is 9.59 Å². The third kappa shape index (κ3) is 6.92. The van der Waals surface area contributed by atoms with E-state index in [1.54, 1.807) is 16.2 Å². The van der Waals surface area contributed by atoms with E-state index in [0.29, 0.717) is 26.2 Å². The number of ether oxygens (including phenoxy) is 1. The van der Waals surface area contributed by atoms with E-state index in [0.717, 1.165) is 34.5 Å². The fourth-order valence-electron chi connectivity index (χ4n) is 4.07. The lowest BCUT2D eigenvalue weighted by molar-refractivity contribution is -0.133. The normalized spacial score (nSPS) is 15.1. The Morgan fingerprint density at radius 3 is 2.59 bits per heavy atom. The van der Waals surface area contributed by atoms with Crippen molar-refractivity contribution in [1.29, 1.82) is 0 Å². The zero-order chi connectivity index (χ0) is 23.8. The van der Waals surface area contributed by atoms with Gasteiger partial charge in [-0.15, -0.1) is 11.3 Å². The van der Waals surface area contributed by atoms with Gasteiger partial charge in [0.05, 0.1) is 12.6 Å². The lowest BCUT2D eigenvalue weighted by Gasteiger charge is -2.29. The van der Waals surface area contributed by atoms with Gasteiger partial charge in [-0.05, 0) is 54.5 Å². The molecule has 3 aromatic rings. The van der Waals surface area contributed by atoms with Crippen LogP contribution in [0.15, 0.2) is 72.1 Å². The Morgan fingerprint density at radius 2 is 1.88 bits per heavy atom. The highest BCUT2D eigenvalue weighted by Gasteiger charge is 2.27. The van der Waals surface area contributed by atoms with E-state index in [1.165, 1.54) is 0 Å². The van der Waals surface area contributed by atoms with Gasteiger partial charge in [0.15, 0.2) is 0 Å². The number of rotatable bonds is 9. The molecule has 1 atom stereocenters. The minimum atomic E-state index is -0.287. The van der Waals surface area contributed by atoms with Crippen LogP contribution in [0.4, 0.5) is 10.5 Å². The van der Waals surface area contributed by atoms with E-state index < -0.39 is 0 Å². The van der Waals surface area contributed by atoms with Crippen molar-refractivity contribution in [2.24, 2.45) is 0 Å². The summed E-state index contributed by atoms with van der Waals surface area (Å²) in [6, 6.07) is 21.3. The highest BCUT2D eigenvalue weighted by atomic mass is 32.1. The van der Waals surface area contributed by atoms with Crippen LogP contribution in [0.1, 0.15) is 28.8 Å². The van der Waals surface area contributed by atoms with Crippen molar-refractivity contribution in [3.8, 4) is 0 Å². The Labute approximate surface area is 205 Å². The van der Waals surface area contributed by atoms with E-state index in [2.05, 4.69) is 5.32 Å². The first kappa shape index (κ1) is 24.0. The third-order valence-electron chi connectivity index (χ3n) is 5.83. The standard InChI is InChI=1S/C27H31N3O3S/c1-21-8-5-11-23(16-21)28-27(32)30(18-24-12-6-14-33-24)20-26(31)29(19-25-13-7-15-34-25)17-22-9-3-2-4-10-22/h2-5,7-11,13,15-16,24H,6,12,14,17-20H2,1H3,(H,28,32). The molecule has 1 aliphatic heterocycles. The fourth-order valence-corrected chi connectivity index (χ4v) is 4.79. The van der Waals surface area contributed by atoms with Gasteiger partial charge in [-0.2, -0.15) is 0 Å². The molecule has 178 valence electrons.